The van der Waals surface area contributed by atoms with E-state index in [4.69, 9.17) is 0 Å². The summed E-state index contributed by atoms with van der Waals surface area (Å²) in [5, 5.41) is 3.74. The highest BCUT2D eigenvalue weighted by atomic mass is 14.9. The second-order valence-corrected chi connectivity index (χ2v) is 5.39. The van der Waals surface area contributed by atoms with Gasteiger partial charge in [-0.1, -0.05) is 51.7 Å². The molecule has 0 heterocycles. The maximum absolute atomic E-state index is 3.74. The fraction of sp³-hybridized carbons (Fsp3) is 0.867. The monoisotopic (exact) mass is 223 g/mol. The lowest BCUT2D eigenvalue weighted by Gasteiger charge is -2.24. The van der Waals surface area contributed by atoms with Gasteiger partial charge in [-0.2, -0.15) is 0 Å². The quantitative estimate of drug-likeness (QED) is 0.657. The molecule has 0 radical (unpaired) electrons. The Morgan fingerprint density at radius 3 is 2.75 bits per heavy atom. The molecule has 1 nitrogen and oxygen atoms in total. The first kappa shape index (κ1) is 13.8. The first-order valence-corrected chi connectivity index (χ1v) is 7.19. The second-order valence-electron chi connectivity index (χ2n) is 5.39. The lowest BCUT2D eigenvalue weighted by molar-refractivity contribution is 0.458. The van der Waals surface area contributed by atoms with Crippen LogP contribution >= 0.6 is 0 Å². The van der Waals surface area contributed by atoms with Crippen molar-refractivity contribution in [2.75, 3.05) is 0 Å². The zero-order valence-corrected chi connectivity index (χ0v) is 11.4. The van der Waals surface area contributed by atoms with Crippen molar-refractivity contribution in [1.82, 2.24) is 5.32 Å². The second kappa shape index (κ2) is 7.89. The zero-order valence-electron chi connectivity index (χ0n) is 11.4. The van der Waals surface area contributed by atoms with E-state index in [9.17, 15) is 0 Å². The van der Waals surface area contributed by atoms with E-state index in [2.05, 4.69) is 32.2 Å². The van der Waals surface area contributed by atoms with E-state index in [0.29, 0.717) is 12.1 Å². The number of hydrogen-bond donors (Lipinski definition) is 1. The van der Waals surface area contributed by atoms with Crippen LogP contribution in [0.15, 0.2) is 11.6 Å². The normalized spacial score (nSPS) is 19.4. The zero-order chi connectivity index (χ0) is 11.8. The van der Waals surface area contributed by atoms with Gasteiger partial charge in [0.2, 0.25) is 0 Å². The molecule has 94 valence electrons. The summed E-state index contributed by atoms with van der Waals surface area (Å²) in [6.07, 6.45) is 13.3. The molecular weight excluding hydrogens is 194 g/mol. The van der Waals surface area contributed by atoms with Crippen LogP contribution in [0.3, 0.4) is 0 Å². The molecule has 0 spiro atoms. The Kier molecular flexibility index (Phi) is 6.79. The van der Waals surface area contributed by atoms with Crippen molar-refractivity contribution in [3.05, 3.63) is 11.6 Å². The Balaban J connectivity index is 2.54. The van der Waals surface area contributed by atoms with Crippen LogP contribution in [0.25, 0.3) is 0 Å². The van der Waals surface area contributed by atoms with E-state index in [1.807, 2.05) is 0 Å². The van der Waals surface area contributed by atoms with Gasteiger partial charge >= 0.3 is 0 Å². The third kappa shape index (κ3) is 5.16. The Hall–Kier alpha value is -0.300. The number of rotatable bonds is 6. The van der Waals surface area contributed by atoms with E-state index in [1.54, 1.807) is 5.57 Å². The van der Waals surface area contributed by atoms with Gasteiger partial charge in [-0.15, -0.1) is 0 Å². The van der Waals surface area contributed by atoms with Gasteiger partial charge in [-0.25, -0.2) is 0 Å². The number of hydrogen-bond acceptors (Lipinski definition) is 1. The molecule has 0 aromatic carbocycles. The molecule has 0 amide bonds. The van der Waals surface area contributed by atoms with Gasteiger partial charge in [0.1, 0.15) is 0 Å². The van der Waals surface area contributed by atoms with Crippen LogP contribution < -0.4 is 5.32 Å². The topological polar surface area (TPSA) is 12.0 Å². The van der Waals surface area contributed by atoms with Crippen molar-refractivity contribution >= 4 is 0 Å². The molecule has 1 unspecified atom stereocenters. The van der Waals surface area contributed by atoms with Gasteiger partial charge in [-0.05, 0) is 32.1 Å². The van der Waals surface area contributed by atoms with Gasteiger partial charge in [0.05, 0.1) is 0 Å². The maximum atomic E-state index is 3.74. The summed E-state index contributed by atoms with van der Waals surface area (Å²) in [4.78, 5) is 0. The molecule has 0 aromatic heterocycles. The van der Waals surface area contributed by atoms with Crippen LogP contribution in [0.4, 0.5) is 0 Å². The SMILES string of the molecule is CCCCC(NC(C)C)C1=CCCCCC1. The summed E-state index contributed by atoms with van der Waals surface area (Å²) in [6, 6.07) is 1.25. The molecule has 1 rings (SSSR count). The van der Waals surface area contributed by atoms with E-state index >= 15 is 0 Å². The van der Waals surface area contributed by atoms with Gasteiger partial charge < -0.3 is 5.32 Å². The Morgan fingerprint density at radius 2 is 2.06 bits per heavy atom. The molecule has 0 aromatic rings. The van der Waals surface area contributed by atoms with Crippen molar-refractivity contribution in [2.45, 2.75) is 84.2 Å². The molecule has 0 aliphatic heterocycles. The standard InChI is InChI=1S/C15H29N/c1-4-5-12-15(16-13(2)3)14-10-8-6-7-9-11-14/h10,13,15-16H,4-9,11-12H2,1-3H3. The van der Waals surface area contributed by atoms with Gasteiger partial charge in [0, 0.05) is 12.1 Å². The highest BCUT2D eigenvalue weighted by Gasteiger charge is 2.15. The van der Waals surface area contributed by atoms with Crippen molar-refractivity contribution in [1.29, 1.82) is 0 Å². The molecule has 0 bridgehead atoms. The summed E-state index contributed by atoms with van der Waals surface area (Å²) >= 11 is 0. The third-order valence-corrected chi connectivity index (χ3v) is 3.40. The lowest BCUT2D eigenvalue weighted by atomic mass is 9.96. The summed E-state index contributed by atoms with van der Waals surface area (Å²) in [6.45, 7) is 6.81. The molecule has 0 saturated heterocycles. The minimum absolute atomic E-state index is 0.603. The van der Waals surface area contributed by atoms with Crippen molar-refractivity contribution in [3.8, 4) is 0 Å². The molecule has 1 atom stereocenters. The fourth-order valence-electron chi connectivity index (χ4n) is 2.54. The number of unbranched alkanes of at least 4 members (excludes halogenated alkanes) is 1. The average molecular weight is 223 g/mol. The average Bonchev–Trinajstić information content (AvgIpc) is 2.52. The minimum Gasteiger partial charge on any atom is -0.308 e. The highest BCUT2D eigenvalue weighted by molar-refractivity contribution is 5.12. The first-order chi connectivity index (χ1) is 7.74. The van der Waals surface area contributed by atoms with E-state index in [1.165, 1.54) is 51.4 Å². The van der Waals surface area contributed by atoms with Gasteiger partial charge in [0.25, 0.3) is 0 Å². The van der Waals surface area contributed by atoms with Crippen LogP contribution in [0, 0.1) is 0 Å². The molecule has 1 aliphatic carbocycles. The fourth-order valence-corrected chi connectivity index (χ4v) is 2.54. The van der Waals surface area contributed by atoms with Crippen LogP contribution in [0.2, 0.25) is 0 Å². The molecule has 0 saturated carbocycles. The molecule has 0 fully saturated rings. The predicted molar refractivity (Wildman–Crippen MR) is 72.8 cm³/mol. The summed E-state index contributed by atoms with van der Waals surface area (Å²) in [5.74, 6) is 0. The van der Waals surface area contributed by atoms with Crippen LogP contribution in [0.1, 0.15) is 72.1 Å². The summed E-state index contributed by atoms with van der Waals surface area (Å²) < 4.78 is 0. The van der Waals surface area contributed by atoms with Crippen LogP contribution in [0.5, 0.6) is 0 Å². The van der Waals surface area contributed by atoms with Crippen molar-refractivity contribution in [3.63, 3.8) is 0 Å². The maximum Gasteiger partial charge on any atom is 0.0281 e. The number of allylic oxidation sites excluding steroid dienone is 1. The van der Waals surface area contributed by atoms with Crippen molar-refractivity contribution < 1.29 is 0 Å². The largest absolute Gasteiger partial charge is 0.308 e. The van der Waals surface area contributed by atoms with E-state index in [0.717, 1.165) is 0 Å². The Morgan fingerprint density at radius 1 is 1.25 bits per heavy atom. The van der Waals surface area contributed by atoms with Gasteiger partial charge in [0.15, 0.2) is 0 Å². The Labute approximate surface area is 102 Å². The third-order valence-electron chi connectivity index (χ3n) is 3.40. The smallest absolute Gasteiger partial charge is 0.0281 e. The van der Waals surface area contributed by atoms with Crippen LogP contribution in [-0.2, 0) is 0 Å². The Bertz CT molecular complexity index is 205. The van der Waals surface area contributed by atoms with Crippen molar-refractivity contribution in [2.24, 2.45) is 0 Å². The number of nitrogens with one attached hydrogen (secondary N) is 1. The first-order valence-electron chi connectivity index (χ1n) is 7.19. The van der Waals surface area contributed by atoms with Gasteiger partial charge in [-0.3, -0.25) is 0 Å². The predicted octanol–water partition coefficient (Wildman–Crippen LogP) is 4.43. The highest BCUT2D eigenvalue weighted by Crippen LogP contribution is 2.22. The lowest BCUT2D eigenvalue weighted by Crippen LogP contribution is -2.36. The molecule has 1 heteroatoms. The van der Waals surface area contributed by atoms with Crippen LogP contribution in [-0.4, -0.2) is 12.1 Å². The van der Waals surface area contributed by atoms with E-state index in [-0.39, 0.29) is 0 Å². The molecule has 1 aliphatic rings. The molecular formula is C15H29N. The minimum atomic E-state index is 0.603. The van der Waals surface area contributed by atoms with E-state index < -0.39 is 0 Å². The molecule has 1 N–H and O–H groups in total. The molecule has 16 heavy (non-hydrogen) atoms. The summed E-state index contributed by atoms with van der Waals surface area (Å²) in [7, 11) is 0. The summed E-state index contributed by atoms with van der Waals surface area (Å²) in [5.41, 5.74) is 1.69.